The molecule has 106 valence electrons. The highest BCUT2D eigenvalue weighted by Crippen LogP contribution is 2.20. The van der Waals surface area contributed by atoms with Gasteiger partial charge in [0, 0.05) is 11.0 Å². The number of aryl methyl sites for hydroxylation is 1. The van der Waals surface area contributed by atoms with Crippen LogP contribution < -0.4 is 10.6 Å². The molecule has 0 aliphatic carbocycles. The monoisotopic (exact) mass is 337 g/mol. The standard InChI is InChI=1S/C13H16BrN5O/c1-2-19-9-16-18-12(19)7-15-8-13(20)17-11-6-4-3-5-10(11)14/h3-6,9,15H,2,7-8H2,1H3,(H,17,20). The first-order valence-corrected chi connectivity index (χ1v) is 7.11. The fourth-order valence-corrected chi connectivity index (χ4v) is 2.11. The molecule has 0 saturated heterocycles. The molecule has 0 aliphatic heterocycles. The third-order valence-corrected chi connectivity index (χ3v) is 3.44. The van der Waals surface area contributed by atoms with Crippen molar-refractivity contribution in [3.8, 4) is 0 Å². The van der Waals surface area contributed by atoms with Crippen LogP contribution in [-0.4, -0.2) is 27.2 Å². The number of hydrogen-bond donors (Lipinski definition) is 2. The van der Waals surface area contributed by atoms with Crippen molar-refractivity contribution < 1.29 is 4.79 Å². The molecule has 0 aliphatic rings. The average molecular weight is 338 g/mol. The number of benzene rings is 1. The van der Waals surface area contributed by atoms with Crippen LogP contribution in [-0.2, 0) is 17.9 Å². The largest absolute Gasteiger partial charge is 0.324 e. The van der Waals surface area contributed by atoms with Crippen LogP contribution in [0.4, 0.5) is 5.69 Å². The molecule has 2 aromatic rings. The predicted octanol–water partition coefficient (Wildman–Crippen LogP) is 1.79. The van der Waals surface area contributed by atoms with Crippen LogP contribution in [0.5, 0.6) is 0 Å². The van der Waals surface area contributed by atoms with Crippen molar-refractivity contribution in [2.24, 2.45) is 0 Å². The van der Waals surface area contributed by atoms with Gasteiger partial charge in [0.15, 0.2) is 0 Å². The second-order valence-corrected chi connectivity index (χ2v) is 5.02. The van der Waals surface area contributed by atoms with Crippen molar-refractivity contribution in [2.75, 3.05) is 11.9 Å². The maximum Gasteiger partial charge on any atom is 0.238 e. The van der Waals surface area contributed by atoms with Gasteiger partial charge in [0.2, 0.25) is 5.91 Å². The Morgan fingerprint density at radius 2 is 2.20 bits per heavy atom. The zero-order chi connectivity index (χ0) is 14.4. The number of halogens is 1. The predicted molar refractivity (Wildman–Crippen MR) is 80.2 cm³/mol. The average Bonchev–Trinajstić information content (AvgIpc) is 2.89. The zero-order valence-electron chi connectivity index (χ0n) is 11.1. The van der Waals surface area contributed by atoms with Crippen molar-refractivity contribution >= 4 is 27.5 Å². The molecule has 2 rings (SSSR count). The van der Waals surface area contributed by atoms with Crippen molar-refractivity contribution in [2.45, 2.75) is 20.0 Å². The number of carbonyl (C=O) groups is 1. The lowest BCUT2D eigenvalue weighted by molar-refractivity contribution is -0.115. The minimum atomic E-state index is -0.0977. The summed E-state index contributed by atoms with van der Waals surface area (Å²) in [6.07, 6.45) is 1.68. The molecule has 0 atom stereocenters. The summed E-state index contributed by atoms with van der Waals surface area (Å²) in [6.45, 7) is 3.56. The summed E-state index contributed by atoms with van der Waals surface area (Å²) in [5.74, 6) is 0.723. The van der Waals surface area contributed by atoms with E-state index in [4.69, 9.17) is 0 Å². The Morgan fingerprint density at radius 3 is 2.95 bits per heavy atom. The van der Waals surface area contributed by atoms with E-state index in [-0.39, 0.29) is 12.5 Å². The van der Waals surface area contributed by atoms with Crippen LogP contribution in [0.25, 0.3) is 0 Å². The molecule has 0 bridgehead atoms. The van der Waals surface area contributed by atoms with E-state index in [9.17, 15) is 4.79 Å². The van der Waals surface area contributed by atoms with Gasteiger partial charge < -0.3 is 15.2 Å². The number of nitrogens with zero attached hydrogens (tertiary/aromatic N) is 3. The number of rotatable bonds is 6. The smallest absolute Gasteiger partial charge is 0.238 e. The van der Waals surface area contributed by atoms with Gasteiger partial charge in [-0.3, -0.25) is 4.79 Å². The van der Waals surface area contributed by atoms with E-state index in [2.05, 4.69) is 36.8 Å². The Kier molecular flexibility index (Phi) is 5.25. The number of nitrogens with one attached hydrogen (secondary N) is 2. The van der Waals surface area contributed by atoms with Crippen LogP contribution in [0.15, 0.2) is 35.1 Å². The minimum Gasteiger partial charge on any atom is -0.324 e. The second kappa shape index (κ2) is 7.16. The lowest BCUT2D eigenvalue weighted by atomic mass is 10.3. The molecule has 0 unspecified atom stereocenters. The molecule has 0 radical (unpaired) electrons. The Hall–Kier alpha value is -1.73. The van der Waals surface area contributed by atoms with Gasteiger partial charge in [-0.1, -0.05) is 12.1 Å². The summed E-state index contributed by atoms with van der Waals surface area (Å²) in [5.41, 5.74) is 0.760. The minimum absolute atomic E-state index is 0.0977. The summed E-state index contributed by atoms with van der Waals surface area (Å²) in [6, 6.07) is 7.50. The van der Waals surface area contributed by atoms with Crippen LogP contribution >= 0.6 is 15.9 Å². The molecule has 1 aromatic carbocycles. The number of aromatic nitrogens is 3. The number of para-hydroxylation sites is 1. The van der Waals surface area contributed by atoms with Gasteiger partial charge in [0.1, 0.15) is 12.2 Å². The lowest BCUT2D eigenvalue weighted by Gasteiger charge is -2.08. The van der Waals surface area contributed by atoms with Crippen molar-refractivity contribution in [3.05, 3.63) is 40.9 Å². The second-order valence-electron chi connectivity index (χ2n) is 4.16. The molecule has 20 heavy (non-hydrogen) atoms. The Morgan fingerprint density at radius 1 is 1.40 bits per heavy atom. The van der Waals surface area contributed by atoms with Gasteiger partial charge >= 0.3 is 0 Å². The van der Waals surface area contributed by atoms with Gasteiger partial charge in [-0.2, -0.15) is 0 Å². The van der Waals surface area contributed by atoms with Gasteiger partial charge in [-0.25, -0.2) is 0 Å². The third-order valence-electron chi connectivity index (χ3n) is 2.75. The quantitative estimate of drug-likeness (QED) is 0.842. The first-order chi connectivity index (χ1) is 9.70. The van der Waals surface area contributed by atoms with Crippen molar-refractivity contribution in [1.82, 2.24) is 20.1 Å². The van der Waals surface area contributed by atoms with Crippen molar-refractivity contribution in [1.29, 1.82) is 0 Å². The zero-order valence-corrected chi connectivity index (χ0v) is 12.7. The molecular formula is C13H16BrN5O. The van der Waals surface area contributed by atoms with Crippen LogP contribution in [0, 0.1) is 0 Å². The van der Waals surface area contributed by atoms with E-state index in [1.165, 1.54) is 0 Å². The van der Waals surface area contributed by atoms with E-state index in [0.29, 0.717) is 6.54 Å². The normalized spacial score (nSPS) is 10.5. The highest BCUT2D eigenvalue weighted by molar-refractivity contribution is 9.10. The summed E-state index contributed by atoms with van der Waals surface area (Å²) < 4.78 is 2.79. The van der Waals surface area contributed by atoms with E-state index < -0.39 is 0 Å². The van der Waals surface area contributed by atoms with Crippen molar-refractivity contribution in [3.63, 3.8) is 0 Å². The molecule has 1 amide bonds. The number of anilines is 1. The molecule has 7 heteroatoms. The molecule has 0 fully saturated rings. The van der Waals surface area contributed by atoms with Crippen LogP contribution in [0.3, 0.4) is 0 Å². The van der Waals surface area contributed by atoms with E-state index >= 15 is 0 Å². The van der Waals surface area contributed by atoms with E-state index in [1.807, 2.05) is 35.8 Å². The fraction of sp³-hybridized carbons (Fsp3) is 0.308. The Balaban J connectivity index is 1.80. The van der Waals surface area contributed by atoms with E-state index in [1.54, 1.807) is 6.33 Å². The molecular weight excluding hydrogens is 322 g/mol. The van der Waals surface area contributed by atoms with Gasteiger partial charge in [0.05, 0.1) is 18.8 Å². The number of carbonyl (C=O) groups excluding carboxylic acids is 1. The first kappa shape index (κ1) is 14.7. The molecule has 0 saturated carbocycles. The summed E-state index contributed by atoms with van der Waals surface area (Å²) in [4.78, 5) is 11.8. The van der Waals surface area contributed by atoms with Gasteiger partial charge in [-0.05, 0) is 35.0 Å². The topological polar surface area (TPSA) is 71.8 Å². The summed E-state index contributed by atoms with van der Waals surface area (Å²) in [7, 11) is 0. The lowest BCUT2D eigenvalue weighted by Crippen LogP contribution is -2.28. The molecule has 1 heterocycles. The summed E-state index contributed by atoms with van der Waals surface area (Å²) >= 11 is 3.39. The highest BCUT2D eigenvalue weighted by atomic mass is 79.9. The fourth-order valence-electron chi connectivity index (χ4n) is 1.72. The van der Waals surface area contributed by atoms with Gasteiger partial charge in [-0.15, -0.1) is 10.2 Å². The molecule has 0 spiro atoms. The molecule has 1 aromatic heterocycles. The van der Waals surface area contributed by atoms with Crippen LogP contribution in [0.1, 0.15) is 12.7 Å². The maximum atomic E-state index is 11.8. The molecule has 2 N–H and O–H groups in total. The number of hydrogen-bond acceptors (Lipinski definition) is 4. The highest BCUT2D eigenvalue weighted by Gasteiger charge is 2.06. The van der Waals surface area contributed by atoms with Crippen LogP contribution in [0.2, 0.25) is 0 Å². The SMILES string of the molecule is CCn1cnnc1CNCC(=O)Nc1ccccc1Br. The Bertz CT molecular complexity index is 584. The van der Waals surface area contributed by atoms with Gasteiger partial charge in [0.25, 0.3) is 0 Å². The maximum absolute atomic E-state index is 11.8. The van der Waals surface area contributed by atoms with E-state index in [0.717, 1.165) is 22.5 Å². The third kappa shape index (κ3) is 3.88. The first-order valence-electron chi connectivity index (χ1n) is 6.32. The number of amides is 1. The summed E-state index contributed by atoms with van der Waals surface area (Å²) in [5, 5.41) is 13.7. The molecule has 6 nitrogen and oxygen atoms in total. The Labute approximate surface area is 125 Å².